The molecule has 3 aromatic carbocycles. The summed E-state index contributed by atoms with van der Waals surface area (Å²) in [6.45, 7) is 0.0406. The van der Waals surface area contributed by atoms with Gasteiger partial charge in [-0.1, -0.05) is 83.9 Å². The number of aliphatic carboxylic acids is 1. The van der Waals surface area contributed by atoms with Crippen molar-refractivity contribution < 1.29 is 36.2 Å². The van der Waals surface area contributed by atoms with Gasteiger partial charge in [0.1, 0.15) is 29.2 Å². The third kappa shape index (κ3) is 6.77. The molecule has 4 rings (SSSR count). The summed E-state index contributed by atoms with van der Waals surface area (Å²) in [5.41, 5.74) is 4.71. The minimum atomic E-state index is -4.46. The lowest BCUT2D eigenvalue weighted by Crippen LogP contribution is -2.42. The Balaban J connectivity index is 1.36. The molecule has 0 fully saturated rings. The molecule has 0 aromatic heterocycles. The maximum absolute atomic E-state index is 12.5. The van der Waals surface area contributed by atoms with Gasteiger partial charge in [0.05, 0.1) is 0 Å². The fourth-order valence-electron chi connectivity index (χ4n) is 4.13. The smallest absolute Gasteiger partial charge is 0.480 e. The second kappa shape index (κ2) is 11.8. The van der Waals surface area contributed by atoms with Crippen LogP contribution in [0.1, 0.15) is 22.6 Å². The number of fused-ring (bicyclic) bond motifs is 3. The number of carboxylic acid groups (broad SMARTS) is 1. The zero-order chi connectivity index (χ0) is 27.3. The number of alkyl carbamates (subject to hydrolysis) is 1. The first kappa shape index (κ1) is 27.3. The lowest BCUT2D eigenvalue weighted by atomic mass is 9.98. The number of amides is 1. The Morgan fingerprint density at radius 2 is 1.53 bits per heavy atom. The summed E-state index contributed by atoms with van der Waals surface area (Å²) in [6, 6.07) is 19.9. The highest BCUT2D eigenvalue weighted by Crippen LogP contribution is 2.44. The molecule has 1 unspecified atom stereocenters. The van der Waals surface area contributed by atoms with Crippen LogP contribution in [0.15, 0.2) is 83.5 Å². The number of hydrogen-bond donors (Lipinski definition) is 2. The Labute approximate surface area is 228 Å². The monoisotopic (exact) mass is 577 g/mol. The van der Waals surface area contributed by atoms with E-state index in [9.17, 15) is 23.1 Å². The van der Waals surface area contributed by atoms with Crippen molar-refractivity contribution in [3.8, 4) is 16.9 Å². The van der Waals surface area contributed by atoms with Crippen molar-refractivity contribution >= 4 is 45.7 Å². The second-order valence-corrected chi connectivity index (χ2v) is 10.4. The molecular weight excluding hydrogens is 557 g/mol. The van der Waals surface area contributed by atoms with E-state index in [1.54, 1.807) is 0 Å². The molecule has 3 aromatic rings. The molecule has 12 heteroatoms. The molecule has 0 saturated carbocycles. The van der Waals surface area contributed by atoms with Crippen LogP contribution in [-0.4, -0.2) is 38.2 Å². The molecule has 0 bridgehead atoms. The number of carboxylic acids is 1. The number of ether oxygens (including phenoxy) is 1. The van der Waals surface area contributed by atoms with Crippen molar-refractivity contribution in [3.63, 3.8) is 0 Å². The number of nitrogens with one attached hydrogen (secondary N) is 1. The molecule has 0 saturated heterocycles. The van der Waals surface area contributed by atoms with E-state index in [1.807, 2.05) is 48.5 Å². The van der Waals surface area contributed by atoms with Crippen molar-refractivity contribution in [1.82, 2.24) is 5.32 Å². The SMILES string of the molecule is O=C(NC(Cc1ccc(OS(=O)(=O)OC=C(Cl)Cl)cc1)C(=O)O)OCC1c2ccccc2-c2ccccc21. The van der Waals surface area contributed by atoms with Gasteiger partial charge in [0.25, 0.3) is 0 Å². The Bertz CT molecular complexity index is 1430. The molecule has 0 heterocycles. The van der Waals surface area contributed by atoms with Gasteiger partial charge in [0.2, 0.25) is 0 Å². The summed E-state index contributed by atoms with van der Waals surface area (Å²) < 4.78 is 37.6. The number of rotatable bonds is 10. The number of hydrogen-bond acceptors (Lipinski definition) is 7. The lowest BCUT2D eigenvalue weighted by molar-refractivity contribution is -0.139. The Hall–Kier alpha value is -3.73. The number of carbonyl (C=O) groups excluding carboxylic acids is 1. The van der Waals surface area contributed by atoms with E-state index in [-0.39, 0.29) is 24.7 Å². The lowest BCUT2D eigenvalue weighted by Gasteiger charge is -2.17. The molecule has 38 heavy (non-hydrogen) atoms. The summed E-state index contributed by atoms with van der Waals surface area (Å²) in [4.78, 5) is 24.3. The quantitative estimate of drug-likeness (QED) is 0.317. The predicted molar refractivity (Wildman–Crippen MR) is 140 cm³/mol. The first-order valence-corrected chi connectivity index (χ1v) is 13.3. The van der Waals surface area contributed by atoms with Crippen LogP contribution in [0, 0.1) is 0 Å². The Kier molecular flexibility index (Phi) is 8.45. The van der Waals surface area contributed by atoms with Gasteiger partial charge < -0.3 is 23.5 Å². The standard InChI is InChI=1S/C26H21Cl2NO8S/c27-24(28)15-36-38(33,34)37-17-11-9-16(10-12-17)13-23(25(30)31)29-26(32)35-14-22-20-7-3-1-5-18(20)19-6-2-4-8-21(19)22/h1-12,15,22-23H,13-14H2,(H,29,32)(H,30,31). The van der Waals surface area contributed by atoms with Gasteiger partial charge in [-0.2, -0.15) is 0 Å². The summed E-state index contributed by atoms with van der Waals surface area (Å²) in [5, 5.41) is 12.0. The molecular formula is C26H21Cl2NO8S. The summed E-state index contributed by atoms with van der Waals surface area (Å²) >= 11 is 10.6. The molecule has 1 aliphatic rings. The van der Waals surface area contributed by atoms with E-state index in [1.165, 1.54) is 24.3 Å². The third-order valence-electron chi connectivity index (χ3n) is 5.75. The van der Waals surface area contributed by atoms with Crippen LogP contribution in [-0.2, 0) is 30.5 Å². The van der Waals surface area contributed by atoms with E-state index in [0.29, 0.717) is 11.8 Å². The Morgan fingerprint density at radius 1 is 0.947 bits per heavy atom. The minimum absolute atomic E-state index is 0.0406. The van der Waals surface area contributed by atoms with Crippen molar-refractivity contribution in [2.45, 2.75) is 18.4 Å². The highest BCUT2D eigenvalue weighted by molar-refractivity contribution is 7.82. The molecule has 198 valence electrons. The number of halogens is 2. The van der Waals surface area contributed by atoms with Gasteiger partial charge in [0.15, 0.2) is 0 Å². The van der Waals surface area contributed by atoms with Crippen LogP contribution >= 0.6 is 23.2 Å². The normalized spacial score (nSPS) is 13.0. The van der Waals surface area contributed by atoms with Gasteiger partial charge in [-0.05, 0) is 39.9 Å². The van der Waals surface area contributed by atoms with E-state index >= 15 is 0 Å². The maximum atomic E-state index is 12.5. The van der Waals surface area contributed by atoms with Crippen molar-refractivity contribution in [2.75, 3.05) is 6.61 Å². The topological polar surface area (TPSA) is 128 Å². The van der Waals surface area contributed by atoms with Crippen molar-refractivity contribution in [3.05, 3.63) is 100 Å². The van der Waals surface area contributed by atoms with Crippen LogP contribution in [0.4, 0.5) is 4.79 Å². The van der Waals surface area contributed by atoms with Crippen molar-refractivity contribution in [1.29, 1.82) is 0 Å². The largest absolute Gasteiger partial charge is 0.500 e. The molecule has 0 spiro atoms. The van der Waals surface area contributed by atoms with E-state index in [0.717, 1.165) is 22.3 Å². The average Bonchev–Trinajstić information content (AvgIpc) is 3.20. The van der Waals surface area contributed by atoms with Crippen LogP contribution in [0.25, 0.3) is 11.1 Å². The predicted octanol–water partition coefficient (Wildman–Crippen LogP) is 5.14. The second-order valence-electron chi connectivity index (χ2n) is 8.20. The number of carbonyl (C=O) groups is 2. The van der Waals surface area contributed by atoms with Gasteiger partial charge in [0, 0.05) is 12.3 Å². The van der Waals surface area contributed by atoms with E-state index in [4.69, 9.17) is 32.1 Å². The molecule has 1 amide bonds. The number of benzene rings is 3. The fraction of sp³-hybridized carbons (Fsp3) is 0.154. The van der Waals surface area contributed by atoms with Gasteiger partial charge in [-0.25, -0.2) is 9.59 Å². The Morgan fingerprint density at radius 3 is 2.08 bits per heavy atom. The van der Waals surface area contributed by atoms with Gasteiger partial charge in [-0.3, -0.25) is 0 Å². The average molecular weight is 578 g/mol. The fourth-order valence-corrected chi connectivity index (χ4v) is 4.93. The summed E-state index contributed by atoms with van der Waals surface area (Å²) in [5.74, 6) is -1.52. The zero-order valence-corrected chi connectivity index (χ0v) is 21.9. The highest BCUT2D eigenvalue weighted by atomic mass is 35.5. The van der Waals surface area contributed by atoms with E-state index in [2.05, 4.69) is 9.50 Å². The molecule has 0 aliphatic heterocycles. The van der Waals surface area contributed by atoms with Crippen LogP contribution in [0.3, 0.4) is 0 Å². The maximum Gasteiger partial charge on any atom is 0.500 e. The highest BCUT2D eigenvalue weighted by Gasteiger charge is 2.30. The molecule has 1 atom stereocenters. The first-order chi connectivity index (χ1) is 18.1. The molecule has 2 N–H and O–H groups in total. The van der Waals surface area contributed by atoms with Crippen LogP contribution in [0.2, 0.25) is 0 Å². The van der Waals surface area contributed by atoms with Gasteiger partial charge >= 0.3 is 22.5 Å². The molecule has 1 aliphatic carbocycles. The van der Waals surface area contributed by atoms with Crippen LogP contribution < -0.4 is 9.50 Å². The minimum Gasteiger partial charge on any atom is -0.480 e. The zero-order valence-electron chi connectivity index (χ0n) is 19.5. The summed E-state index contributed by atoms with van der Waals surface area (Å²) in [6.07, 6.45) is -0.374. The first-order valence-electron chi connectivity index (χ1n) is 11.2. The molecule has 9 nitrogen and oxygen atoms in total. The van der Waals surface area contributed by atoms with E-state index < -0.39 is 33.0 Å². The van der Waals surface area contributed by atoms with Crippen molar-refractivity contribution in [2.24, 2.45) is 0 Å². The summed E-state index contributed by atoms with van der Waals surface area (Å²) in [7, 11) is -4.46. The van der Waals surface area contributed by atoms with Crippen LogP contribution in [0.5, 0.6) is 5.75 Å². The molecule has 0 radical (unpaired) electrons. The third-order valence-corrected chi connectivity index (χ3v) is 6.66. The van der Waals surface area contributed by atoms with Gasteiger partial charge in [-0.15, -0.1) is 8.42 Å².